The summed E-state index contributed by atoms with van der Waals surface area (Å²) in [6, 6.07) is 7.49. The van der Waals surface area contributed by atoms with Crippen LogP contribution in [0.25, 0.3) is 0 Å². The second kappa shape index (κ2) is 5.51. The SMILES string of the molecule is CCOC(=O)c1nnn(Cc2ccc(N)cc2)c1C. The third-order valence-corrected chi connectivity index (χ3v) is 2.76. The quantitative estimate of drug-likeness (QED) is 0.663. The molecule has 6 nitrogen and oxygen atoms in total. The topological polar surface area (TPSA) is 83.0 Å². The minimum atomic E-state index is -0.441. The second-order valence-electron chi connectivity index (χ2n) is 4.14. The molecule has 2 rings (SSSR count). The Kier molecular flexibility index (Phi) is 3.79. The summed E-state index contributed by atoms with van der Waals surface area (Å²) in [7, 11) is 0. The molecule has 1 heterocycles. The molecule has 2 aromatic rings. The molecule has 0 atom stereocenters. The summed E-state index contributed by atoms with van der Waals surface area (Å²) in [5, 5.41) is 7.83. The zero-order valence-electron chi connectivity index (χ0n) is 11.0. The van der Waals surface area contributed by atoms with Crippen LogP contribution in [0.3, 0.4) is 0 Å². The van der Waals surface area contributed by atoms with Gasteiger partial charge in [0.2, 0.25) is 0 Å². The van der Waals surface area contributed by atoms with Crippen LogP contribution in [0.5, 0.6) is 0 Å². The number of hydrogen-bond donors (Lipinski definition) is 1. The van der Waals surface area contributed by atoms with E-state index >= 15 is 0 Å². The van der Waals surface area contributed by atoms with E-state index in [1.54, 1.807) is 18.5 Å². The Morgan fingerprint density at radius 2 is 2.05 bits per heavy atom. The number of nitrogen functional groups attached to an aromatic ring is 1. The van der Waals surface area contributed by atoms with Crippen molar-refractivity contribution in [1.29, 1.82) is 0 Å². The first-order valence-corrected chi connectivity index (χ1v) is 6.03. The Balaban J connectivity index is 2.18. The van der Waals surface area contributed by atoms with Crippen molar-refractivity contribution in [3.05, 3.63) is 41.2 Å². The highest BCUT2D eigenvalue weighted by Crippen LogP contribution is 2.10. The Labute approximate surface area is 111 Å². The van der Waals surface area contributed by atoms with E-state index in [1.807, 2.05) is 24.3 Å². The van der Waals surface area contributed by atoms with Crippen molar-refractivity contribution in [2.45, 2.75) is 20.4 Å². The maximum Gasteiger partial charge on any atom is 0.360 e. The molecule has 0 unspecified atom stereocenters. The molecular weight excluding hydrogens is 244 g/mol. The third kappa shape index (κ3) is 2.90. The van der Waals surface area contributed by atoms with E-state index < -0.39 is 5.97 Å². The molecule has 6 heteroatoms. The summed E-state index contributed by atoms with van der Waals surface area (Å²) in [6.07, 6.45) is 0. The van der Waals surface area contributed by atoms with E-state index in [4.69, 9.17) is 10.5 Å². The summed E-state index contributed by atoms with van der Waals surface area (Å²) in [5.74, 6) is -0.441. The number of aromatic nitrogens is 3. The molecule has 19 heavy (non-hydrogen) atoms. The lowest BCUT2D eigenvalue weighted by Crippen LogP contribution is -2.08. The summed E-state index contributed by atoms with van der Waals surface area (Å²) in [4.78, 5) is 11.6. The molecule has 0 spiro atoms. The molecule has 0 bridgehead atoms. The van der Waals surface area contributed by atoms with Gasteiger partial charge < -0.3 is 10.5 Å². The van der Waals surface area contributed by atoms with Gasteiger partial charge >= 0.3 is 5.97 Å². The highest BCUT2D eigenvalue weighted by atomic mass is 16.5. The number of anilines is 1. The highest BCUT2D eigenvalue weighted by molar-refractivity contribution is 5.88. The average Bonchev–Trinajstić information content (AvgIpc) is 2.74. The van der Waals surface area contributed by atoms with Gasteiger partial charge in [-0.3, -0.25) is 0 Å². The monoisotopic (exact) mass is 260 g/mol. The molecule has 0 saturated heterocycles. The van der Waals surface area contributed by atoms with Crippen molar-refractivity contribution < 1.29 is 9.53 Å². The van der Waals surface area contributed by atoms with E-state index in [2.05, 4.69) is 10.3 Å². The third-order valence-electron chi connectivity index (χ3n) is 2.76. The minimum Gasteiger partial charge on any atom is -0.461 e. The van der Waals surface area contributed by atoms with Gasteiger partial charge in [-0.1, -0.05) is 17.3 Å². The van der Waals surface area contributed by atoms with Crippen molar-refractivity contribution in [2.24, 2.45) is 0 Å². The van der Waals surface area contributed by atoms with Crippen molar-refractivity contribution in [3.63, 3.8) is 0 Å². The molecule has 0 radical (unpaired) electrons. The van der Waals surface area contributed by atoms with Crippen LogP contribution < -0.4 is 5.73 Å². The molecular formula is C13H16N4O2. The average molecular weight is 260 g/mol. The fraction of sp³-hybridized carbons (Fsp3) is 0.308. The molecule has 0 fully saturated rings. The van der Waals surface area contributed by atoms with Crippen molar-refractivity contribution in [2.75, 3.05) is 12.3 Å². The first-order chi connectivity index (χ1) is 9.11. The maximum atomic E-state index is 11.6. The van der Waals surface area contributed by atoms with Gasteiger partial charge in [-0.15, -0.1) is 5.10 Å². The van der Waals surface area contributed by atoms with Gasteiger partial charge in [0.25, 0.3) is 0 Å². The smallest absolute Gasteiger partial charge is 0.360 e. The van der Waals surface area contributed by atoms with Crippen LogP contribution in [-0.2, 0) is 11.3 Å². The van der Waals surface area contributed by atoms with Crippen LogP contribution in [0.2, 0.25) is 0 Å². The summed E-state index contributed by atoms with van der Waals surface area (Å²) < 4.78 is 6.58. The van der Waals surface area contributed by atoms with Crippen LogP contribution in [0.15, 0.2) is 24.3 Å². The fourth-order valence-electron chi connectivity index (χ4n) is 1.69. The van der Waals surface area contributed by atoms with Crippen molar-refractivity contribution in [1.82, 2.24) is 15.0 Å². The molecule has 0 aliphatic carbocycles. The fourth-order valence-corrected chi connectivity index (χ4v) is 1.69. The first-order valence-electron chi connectivity index (χ1n) is 6.03. The standard InChI is InChI=1S/C13H16N4O2/c1-3-19-13(18)12-9(2)17(16-15-12)8-10-4-6-11(14)7-5-10/h4-7H,3,8,14H2,1-2H3. The van der Waals surface area contributed by atoms with E-state index in [-0.39, 0.29) is 5.69 Å². The number of ether oxygens (including phenoxy) is 1. The number of nitrogens with zero attached hydrogens (tertiary/aromatic N) is 3. The number of rotatable bonds is 4. The summed E-state index contributed by atoms with van der Waals surface area (Å²) in [6.45, 7) is 4.41. The number of esters is 1. The van der Waals surface area contributed by atoms with E-state index in [9.17, 15) is 4.79 Å². The predicted octanol–water partition coefficient (Wildman–Crippen LogP) is 1.39. The molecule has 0 aliphatic rings. The second-order valence-corrected chi connectivity index (χ2v) is 4.14. The number of nitrogens with two attached hydrogens (primary N) is 1. The van der Waals surface area contributed by atoms with Crippen molar-refractivity contribution in [3.8, 4) is 0 Å². The van der Waals surface area contributed by atoms with Gasteiger partial charge in [0.15, 0.2) is 5.69 Å². The molecule has 0 aliphatic heterocycles. The summed E-state index contributed by atoms with van der Waals surface area (Å²) in [5.41, 5.74) is 8.34. The minimum absolute atomic E-state index is 0.261. The molecule has 1 aromatic carbocycles. The predicted molar refractivity (Wildman–Crippen MR) is 70.7 cm³/mol. The van der Waals surface area contributed by atoms with Gasteiger partial charge in [-0.2, -0.15) is 0 Å². The van der Waals surface area contributed by atoms with Gasteiger partial charge in [-0.25, -0.2) is 9.48 Å². The van der Waals surface area contributed by atoms with Gasteiger partial charge in [0.1, 0.15) is 0 Å². The zero-order chi connectivity index (χ0) is 13.8. The number of carbonyl (C=O) groups is 1. The first kappa shape index (κ1) is 13.1. The number of hydrogen-bond acceptors (Lipinski definition) is 5. The Bertz CT molecular complexity index is 575. The van der Waals surface area contributed by atoms with Gasteiger partial charge in [-0.05, 0) is 31.5 Å². The van der Waals surface area contributed by atoms with Crippen LogP contribution in [0.4, 0.5) is 5.69 Å². The van der Waals surface area contributed by atoms with E-state index in [0.29, 0.717) is 24.5 Å². The molecule has 0 saturated carbocycles. The Hall–Kier alpha value is -2.37. The van der Waals surface area contributed by atoms with Gasteiger partial charge in [0.05, 0.1) is 18.8 Å². The lowest BCUT2D eigenvalue weighted by molar-refractivity contribution is 0.0518. The Morgan fingerprint density at radius 3 is 2.68 bits per heavy atom. The largest absolute Gasteiger partial charge is 0.461 e. The number of carbonyl (C=O) groups excluding carboxylic acids is 1. The maximum absolute atomic E-state index is 11.6. The molecule has 2 N–H and O–H groups in total. The molecule has 0 amide bonds. The molecule has 100 valence electrons. The van der Waals surface area contributed by atoms with Crippen molar-refractivity contribution >= 4 is 11.7 Å². The summed E-state index contributed by atoms with van der Waals surface area (Å²) >= 11 is 0. The Morgan fingerprint density at radius 1 is 1.37 bits per heavy atom. The zero-order valence-corrected chi connectivity index (χ0v) is 11.0. The van der Waals surface area contributed by atoms with Gasteiger partial charge in [0, 0.05) is 5.69 Å². The van der Waals surface area contributed by atoms with Crippen LogP contribution in [0.1, 0.15) is 28.7 Å². The molecule has 1 aromatic heterocycles. The van der Waals surface area contributed by atoms with E-state index in [0.717, 1.165) is 5.56 Å². The van der Waals surface area contributed by atoms with Crippen LogP contribution in [-0.4, -0.2) is 27.6 Å². The van der Waals surface area contributed by atoms with Crippen LogP contribution in [0, 0.1) is 6.92 Å². The number of benzene rings is 1. The normalized spacial score (nSPS) is 10.4. The lowest BCUT2D eigenvalue weighted by Gasteiger charge is -2.04. The lowest BCUT2D eigenvalue weighted by atomic mass is 10.2. The highest BCUT2D eigenvalue weighted by Gasteiger charge is 2.17. The van der Waals surface area contributed by atoms with Crippen LogP contribution >= 0.6 is 0 Å². The van der Waals surface area contributed by atoms with E-state index in [1.165, 1.54) is 0 Å².